The van der Waals surface area contributed by atoms with Gasteiger partial charge in [0.1, 0.15) is 5.75 Å². The predicted octanol–water partition coefficient (Wildman–Crippen LogP) is 0.543. The number of amides is 1. The summed E-state index contributed by atoms with van der Waals surface area (Å²) in [5.74, 6) is 0.0750. The van der Waals surface area contributed by atoms with Crippen molar-refractivity contribution in [3.63, 3.8) is 0 Å². The second-order valence-corrected chi connectivity index (χ2v) is 4.86. The zero-order chi connectivity index (χ0) is 13.8. The number of aliphatic hydroxyl groups excluding tert-OH is 1. The van der Waals surface area contributed by atoms with Gasteiger partial charge in [0, 0.05) is 18.7 Å². The lowest BCUT2D eigenvalue weighted by atomic mass is 10.1. The van der Waals surface area contributed by atoms with Crippen molar-refractivity contribution >= 4 is 5.91 Å². The Kier molecular flexibility index (Phi) is 4.39. The zero-order valence-electron chi connectivity index (χ0n) is 11.0. The number of rotatable bonds is 3. The summed E-state index contributed by atoms with van der Waals surface area (Å²) in [6, 6.07) is 6.82. The molecule has 5 nitrogen and oxygen atoms in total. The third-order valence-corrected chi connectivity index (χ3v) is 3.22. The van der Waals surface area contributed by atoms with Gasteiger partial charge in [0.2, 0.25) is 5.91 Å². The van der Waals surface area contributed by atoms with Crippen LogP contribution in [0.3, 0.4) is 0 Å². The van der Waals surface area contributed by atoms with Crippen LogP contribution in [0, 0.1) is 0 Å². The number of aromatic hydroxyl groups is 1. The number of hydrogen-bond donors (Lipinski definition) is 2. The largest absolute Gasteiger partial charge is 0.508 e. The first kappa shape index (κ1) is 13.8. The van der Waals surface area contributed by atoms with E-state index in [4.69, 9.17) is 9.84 Å². The smallest absolute Gasteiger partial charge is 0.227 e. The normalized spacial score (nSPS) is 23.4. The Morgan fingerprint density at radius 1 is 1.42 bits per heavy atom. The van der Waals surface area contributed by atoms with E-state index in [1.807, 2.05) is 6.92 Å². The first-order valence-electron chi connectivity index (χ1n) is 6.41. The van der Waals surface area contributed by atoms with Gasteiger partial charge in [-0.1, -0.05) is 18.2 Å². The molecule has 1 heterocycles. The Morgan fingerprint density at radius 2 is 2.16 bits per heavy atom. The maximum absolute atomic E-state index is 12.2. The number of ether oxygens (including phenoxy) is 1. The fraction of sp³-hybridized carbons (Fsp3) is 0.500. The summed E-state index contributed by atoms with van der Waals surface area (Å²) in [6.07, 6.45) is -0.242. The number of phenolic OH excluding ortho intramolecular Hbond substituents is 1. The van der Waals surface area contributed by atoms with Crippen molar-refractivity contribution in [1.29, 1.82) is 0 Å². The molecule has 5 heteroatoms. The molecule has 0 spiro atoms. The molecular formula is C14H19NO4. The summed E-state index contributed by atoms with van der Waals surface area (Å²) in [7, 11) is 0. The number of carbonyl (C=O) groups is 1. The molecule has 2 atom stereocenters. The Bertz CT molecular complexity index is 449. The average molecular weight is 265 g/mol. The van der Waals surface area contributed by atoms with Crippen molar-refractivity contribution in [2.45, 2.75) is 25.6 Å². The number of benzene rings is 1. The minimum Gasteiger partial charge on any atom is -0.508 e. The Balaban J connectivity index is 2.01. The highest BCUT2D eigenvalue weighted by Crippen LogP contribution is 2.18. The molecule has 1 fully saturated rings. The number of phenols is 1. The lowest BCUT2D eigenvalue weighted by Crippen LogP contribution is -2.50. The molecule has 1 aliphatic heterocycles. The minimum atomic E-state index is -0.322. The number of para-hydroxylation sites is 1. The highest BCUT2D eigenvalue weighted by molar-refractivity contribution is 5.79. The molecule has 1 aromatic rings. The molecule has 0 bridgehead atoms. The molecular weight excluding hydrogens is 246 g/mol. The van der Waals surface area contributed by atoms with Crippen LogP contribution < -0.4 is 0 Å². The first-order chi connectivity index (χ1) is 9.10. The van der Waals surface area contributed by atoms with Crippen LogP contribution in [0.2, 0.25) is 0 Å². The second kappa shape index (κ2) is 6.04. The van der Waals surface area contributed by atoms with Crippen LogP contribution in [0.25, 0.3) is 0 Å². The van der Waals surface area contributed by atoms with E-state index in [0.717, 1.165) is 0 Å². The predicted molar refractivity (Wildman–Crippen MR) is 69.8 cm³/mol. The quantitative estimate of drug-likeness (QED) is 0.837. The van der Waals surface area contributed by atoms with Crippen LogP contribution in [-0.4, -0.2) is 52.9 Å². The molecule has 2 unspecified atom stereocenters. The van der Waals surface area contributed by atoms with Crippen molar-refractivity contribution in [1.82, 2.24) is 4.90 Å². The number of aliphatic hydroxyl groups is 1. The average Bonchev–Trinajstić information content (AvgIpc) is 2.40. The van der Waals surface area contributed by atoms with Crippen molar-refractivity contribution in [3.05, 3.63) is 29.8 Å². The molecule has 1 saturated heterocycles. The molecule has 19 heavy (non-hydrogen) atoms. The summed E-state index contributed by atoms with van der Waals surface area (Å²) in [4.78, 5) is 13.9. The maximum Gasteiger partial charge on any atom is 0.227 e. The van der Waals surface area contributed by atoms with Crippen molar-refractivity contribution in [2.24, 2.45) is 0 Å². The van der Waals surface area contributed by atoms with Gasteiger partial charge in [0.05, 0.1) is 25.2 Å². The van der Waals surface area contributed by atoms with Crippen LogP contribution in [0.1, 0.15) is 12.5 Å². The fourth-order valence-corrected chi connectivity index (χ4v) is 2.28. The van der Waals surface area contributed by atoms with Gasteiger partial charge in [-0.2, -0.15) is 0 Å². The van der Waals surface area contributed by atoms with Gasteiger partial charge in [-0.05, 0) is 13.0 Å². The van der Waals surface area contributed by atoms with Crippen LogP contribution in [-0.2, 0) is 16.0 Å². The number of morpholine rings is 1. The third kappa shape index (κ3) is 3.45. The molecule has 1 amide bonds. The van der Waals surface area contributed by atoms with E-state index >= 15 is 0 Å². The van der Waals surface area contributed by atoms with Gasteiger partial charge in [-0.15, -0.1) is 0 Å². The molecule has 1 aliphatic rings. The van der Waals surface area contributed by atoms with Crippen LogP contribution in [0.15, 0.2) is 24.3 Å². The highest BCUT2D eigenvalue weighted by Gasteiger charge is 2.28. The van der Waals surface area contributed by atoms with Crippen molar-refractivity contribution in [3.8, 4) is 5.75 Å². The topological polar surface area (TPSA) is 70.0 Å². The lowest BCUT2D eigenvalue weighted by Gasteiger charge is -2.36. The monoisotopic (exact) mass is 265 g/mol. The van der Waals surface area contributed by atoms with E-state index in [2.05, 4.69) is 0 Å². The van der Waals surface area contributed by atoms with Crippen molar-refractivity contribution in [2.75, 3.05) is 19.7 Å². The lowest BCUT2D eigenvalue weighted by molar-refractivity contribution is -0.146. The molecule has 0 radical (unpaired) electrons. The van der Waals surface area contributed by atoms with E-state index in [1.54, 1.807) is 29.2 Å². The Labute approximate surface area is 112 Å². The Hall–Kier alpha value is -1.59. The van der Waals surface area contributed by atoms with E-state index < -0.39 is 0 Å². The second-order valence-electron chi connectivity index (χ2n) is 4.86. The van der Waals surface area contributed by atoms with Crippen molar-refractivity contribution < 1.29 is 19.7 Å². The molecule has 0 saturated carbocycles. The van der Waals surface area contributed by atoms with E-state index in [0.29, 0.717) is 18.7 Å². The number of carbonyl (C=O) groups excluding carboxylic acids is 1. The summed E-state index contributed by atoms with van der Waals surface area (Å²) < 4.78 is 5.50. The summed E-state index contributed by atoms with van der Waals surface area (Å²) in [5, 5.41) is 18.8. The maximum atomic E-state index is 12.2. The number of nitrogens with zero attached hydrogens (tertiary/aromatic N) is 1. The molecule has 0 aromatic heterocycles. The molecule has 1 aromatic carbocycles. The van der Waals surface area contributed by atoms with Crippen LogP contribution in [0.5, 0.6) is 5.75 Å². The SMILES string of the molecule is CC1CN(C(=O)Cc2ccccc2O)CC(CO)O1. The minimum absolute atomic E-state index is 0.0601. The van der Waals surface area contributed by atoms with Gasteiger partial charge in [-0.3, -0.25) is 4.79 Å². The van der Waals surface area contributed by atoms with Gasteiger partial charge < -0.3 is 19.8 Å². The van der Waals surface area contributed by atoms with Crippen LogP contribution in [0.4, 0.5) is 0 Å². The summed E-state index contributed by atoms with van der Waals surface area (Å²) in [6.45, 7) is 2.70. The fourth-order valence-electron chi connectivity index (χ4n) is 2.28. The van der Waals surface area contributed by atoms with E-state index in [-0.39, 0.29) is 36.9 Å². The molecule has 2 N–H and O–H groups in total. The standard InChI is InChI=1S/C14H19NO4/c1-10-7-15(8-12(9-16)19-10)14(18)6-11-4-2-3-5-13(11)17/h2-5,10,12,16-17H,6-9H2,1H3. The third-order valence-electron chi connectivity index (χ3n) is 3.22. The Morgan fingerprint density at radius 3 is 2.84 bits per heavy atom. The first-order valence-corrected chi connectivity index (χ1v) is 6.41. The van der Waals surface area contributed by atoms with Gasteiger partial charge >= 0.3 is 0 Å². The molecule has 2 rings (SSSR count). The van der Waals surface area contributed by atoms with E-state index in [9.17, 15) is 9.90 Å². The van der Waals surface area contributed by atoms with Crippen LogP contribution >= 0.6 is 0 Å². The summed E-state index contributed by atoms with van der Waals surface area (Å²) in [5.41, 5.74) is 0.618. The van der Waals surface area contributed by atoms with E-state index in [1.165, 1.54) is 0 Å². The highest BCUT2D eigenvalue weighted by atomic mass is 16.5. The van der Waals surface area contributed by atoms with Gasteiger partial charge in [-0.25, -0.2) is 0 Å². The number of hydrogen-bond acceptors (Lipinski definition) is 4. The molecule has 0 aliphatic carbocycles. The van der Waals surface area contributed by atoms with Gasteiger partial charge in [0.25, 0.3) is 0 Å². The summed E-state index contributed by atoms with van der Waals surface area (Å²) >= 11 is 0. The zero-order valence-corrected chi connectivity index (χ0v) is 11.0. The molecule has 104 valence electrons. The van der Waals surface area contributed by atoms with Gasteiger partial charge in [0.15, 0.2) is 0 Å².